The summed E-state index contributed by atoms with van der Waals surface area (Å²) in [5, 5.41) is 11.4. The van der Waals surface area contributed by atoms with Crippen LogP contribution in [0.5, 0.6) is 0 Å². The van der Waals surface area contributed by atoms with Crippen molar-refractivity contribution < 1.29 is 14.1 Å². The predicted molar refractivity (Wildman–Crippen MR) is 113 cm³/mol. The van der Waals surface area contributed by atoms with Gasteiger partial charge in [-0.2, -0.15) is 0 Å². The van der Waals surface area contributed by atoms with E-state index in [0.29, 0.717) is 22.4 Å². The number of carbonyl (C=O) groups is 1. The molecule has 0 fully saturated rings. The van der Waals surface area contributed by atoms with Crippen LogP contribution in [0.2, 0.25) is 0 Å². The van der Waals surface area contributed by atoms with Gasteiger partial charge in [-0.05, 0) is 54.4 Å². The fourth-order valence-electron chi connectivity index (χ4n) is 3.90. The number of pyridine rings is 1. The molecule has 2 aromatic carbocycles. The van der Waals surface area contributed by atoms with Crippen LogP contribution in [-0.2, 0) is 0 Å². The third kappa shape index (κ3) is 2.88. The molecule has 8 heteroatoms. The maximum Gasteiger partial charge on any atom is 0.296 e. The predicted octanol–water partition coefficient (Wildman–Crippen LogP) is 4.15. The summed E-state index contributed by atoms with van der Waals surface area (Å²) in [6.07, 6.45) is 1.58. The molecule has 1 atom stereocenters. The summed E-state index contributed by atoms with van der Waals surface area (Å²) in [5.41, 5.74) is 1.55. The highest BCUT2D eigenvalue weighted by Crippen LogP contribution is 2.40. The lowest BCUT2D eigenvalue weighted by Gasteiger charge is -2.24. The van der Waals surface area contributed by atoms with Crippen LogP contribution in [0.25, 0.3) is 11.0 Å². The molecule has 0 bridgehead atoms. The van der Waals surface area contributed by atoms with Gasteiger partial charge >= 0.3 is 0 Å². The maximum atomic E-state index is 13.4. The zero-order valence-corrected chi connectivity index (χ0v) is 16.3. The average Bonchev–Trinajstić information content (AvgIpc) is 3.06. The van der Waals surface area contributed by atoms with Crippen LogP contribution in [0, 0.1) is 17.0 Å². The van der Waals surface area contributed by atoms with Crippen molar-refractivity contribution in [3.05, 3.63) is 110 Å². The standard InChI is InChI=1S/C23H15N3O5/c1-13-10-11-24-18(12-13)25-20(14-6-8-15(9-7-14)26(29)30)19-21(27)16-4-2-3-5-17(16)31-22(19)23(25)28/h2-12,20H,1H3/t20-/m1/s1. The van der Waals surface area contributed by atoms with Crippen LogP contribution >= 0.6 is 0 Å². The number of aryl methyl sites for hydroxylation is 1. The quantitative estimate of drug-likeness (QED) is 0.369. The summed E-state index contributed by atoms with van der Waals surface area (Å²) < 4.78 is 5.87. The van der Waals surface area contributed by atoms with Gasteiger partial charge in [-0.25, -0.2) is 4.98 Å². The smallest absolute Gasteiger partial charge is 0.296 e. The lowest BCUT2D eigenvalue weighted by molar-refractivity contribution is -0.384. The first-order valence-electron chi connectivity index (χ1n) is 9.52. The first-order chi connectivity index (χ1) is 15.0. The van der Waals surface area contributed by atoms with Crippen molar-refractivity contribution in [2.75, 3.05) is 4.90 Å². The van der Waals surface area contributed by atoms with Gasteiger partial charge in [0.25, 0.3) is 11.6 Å². The fourth-order valence-corrected chi connectivity index (χ4v) is 3.90. The molecule has 0 saturated carbocycles. The van der Waals surface area contributed by atoms with Crippen LogP contribution in [-0.4, -0.2) is 15.8 Å². The number of rotatable bonds is 3. The molecule has 2 aromatic heterocycles. The normalized spacial score (nSPS) is 15.3. The molecular formula is C23H15N3O5. The Morgan fingerprint density at radius 1 is 1.06 bits per heavy atom. The van der Waals surface area contributed by atoms with E-state index in [2.05, 4.69) is 4.98 Å². The molecule has 1 amide bonds. The molecule has 8 nitrogen and oxygen atoms in total. The van der Waals surface area contributed by atoms with E-state index in [1.807, 2.05) is 6.92 Å². The third-order valence-electron chi connectivity index (χ3n) is 5.35. The second-order valence-corrected chi connectivity index (χ2v) is 7.29. The number of nitro benzene ring substituents is 1. The monoisotopic (exact) mass is 413 g/mol. The van der Waals surface area contributed by atoms with Crippen molar-refractivity contribution >= 4 is 28.4 Å². The highest BCUT2D eigenvalue weighted by atomic mass is 16.6. The number of anilines is 1. The number of fused-ring (bicyclic) bond motifs is 2. The zero-order chi connectivity index (χ0) is 21.7. The maximum absolute atomic E-state index is 13.4. The number of amides is 1. The Labute approximate surface area is 175 Å². The van der Waals surface area contributed by atoms with Gasteiger partial charge < -0.3 is 4.42 Å². The molecule has 0 N–H and O–H groups in total. The molecule has 0 spiro atoms. The van der Waals surface area contributed by atoms with Crippen molar-refractivity contribution in [1.82, 2.24) is 4.98 Å². The number of carbonyl (C=O) groups excluding carboxylic acids is 1. The molecular weight excluding hydrogens is 398 g/mol. The number of benzene rings is 2. The highest BCUT2D eigenvalue weighted by Gasteiger charge is 2.44. The Bertz CT molecular complexity index is 1430. The van der Waals surface area contributed by atoms with Crippen molar-refractivity contribution in [2.24, 2.45) is 0 Å². The van der Waals surface area contributed by atoms with Gasteiger partial charge in [0.05, 0.1) is 21.9 Å². The summed E-state index contributed by atoms with van der Waals surface area (Å²) in [4.78, 5) is 43.1. The number of nitro groups is 1. The Morgan fingerprint density at radius 2 is 1.81 bits per heavy atom. The summed E-state index contributed by atoms with van der Waals surface area (Å²) in [7, 11) is 0. The van der Waals surface area contributed by atoms with Crippen molar-refractivity contribution in [3.8, 4) is 0 Å². The summed E-state index contributed by atoms with van der Waals surface area (Å²) in [6.45, 7) is 1.87. The SMILES string of the molecule is Cc1ccnc(N2C(=O)c3oc4ccccc4c(=O)c3[C@H]2c2ccc([N+](=O)[O-])cc2)c1. The molecule has 4 aromatic rings. The molecule has 5 rings (SSSR count). The first-order valence-corrected chi connectivity index (χ1v) is 9.52. The largest absolute Gasteiger partial charge is 0.450 e. The topological polar surface area (TPSA) is 107 Å². The van der Waals surface area contributed by atoms with Gasteiger partial charge in [-0.3, -0.25) is 24.6 Å². The Kier molecular flexibility index (Phi) is 4.14. The lowest BCUT2D eigenvalue weighted by atomic mass is 9.98. The number of nitrogens with zero attached hydrogens (tertiary/aromatic N) is 3. The van der Waals surface area contributed by atoms with E-state index >= 15 is 0 Å². The third-order valence-corrected chi connectivity index (χ3v) is 5.35. The molecule has 0 radical (unpaired) electrons. The molecule has 1 aliphatic heterocycles. The van der Waals surface area contributed by atoms with Gasteiger partial charge in [0.1, 0.15) is 11.4 Å². The van der Waals surface area contributed by atoms with E-state index < -0.39 is 16.9 Å². The van der Waals surface area contributed by atoms with Crippen LogP contribution in [0.4, 0.5) is 11.5 Å². The number of hydrogen-bond acceptors (Lipinski definition) is 6. The number of hydrogen-bond donors (Lipinski definition) is 0. The van der Waals surface area contributed by atoms with Crippen LogP contribution < -0.4 is 10.3 Å². The number of para-hydroxylation sites is 1. The minimum Gasteiger partial charge on any atom is -0.450 e. The van der Waals surface area contributed by atoms with E-state index in [1.54, 1.807) is 54.7 Å². The van der Waals surface area contributed by atoms with E-state index in [4.69, 9.17) is 4.42 Å². The van der Waals surface area contributed by atoms with Crippen molar-refractivity contribution in [1.29, 1.82) is 0 Å². The molecule has 0 aliphatic carbocycles. The molecule has 152 valence electrons. The van der Waals surface area contributed by atoms with E-state index in [9.17, 15) is 19.7 Å². The van der Waals surface area contributed by atoms with Gasteiger partial charge in [0, 0.05) is 18.3 Å². The number of non-ortho nitro benzene ring substituents is 1. The minimum absolute atomic E-state index is 0.0460. The van der Waals surface area contributed by atoms with Gasteiger partial charge in [-0.15, -0.1) is 0 Å². The molecule has 31 heavy (non-hydrogen) atoms. The molecule has 0 saturated heterocycles. The van der Waals surface area contributed by atoms with Crippen molar-refractivity contribution in [2.45, 2.75) is 13.0 Å². The van der Waals surface area contributed by atoms with E-state index in [1.165, 1.54) is 17.0 Å². The van der Waals surface area contributed by atoms with Crippen LogP contribution in [0.1, 0.15) is 33.3 Å². The second kappa shape index (κ2) is 6.88. The summed E-state index contributed by atoms with van der Waals surface area (Å²) in [5.74, 6) is -0.169. The number of aromatic nitrogens is 1. The lowest BCUT2D eigenvalue weighted by Crippen LogP contribution is -2.30. The first kappa shape index (κ1) is 18.7. The highest BCUT2D eigenvalue weighted by molar-refractivity contribution is 6.10. The van der Waals surface area contributed by atoms with Gasteiger partial charge in [0.2, 0.25) is 5.76 Å². The van der Waals surface area contributed by atoms with Crippen LogP contribution in [0.15, 0.2) is 76.1 Å². The Morgan fingerprint density at radius 3 is 2.52 bits per heavy atom. The van der Waals surface area contributed by atoms with E-state index in [0.717, 1.165) is 5.56 Å². The molecule has 0 unspecified atom stereocenters. The van der Waals surface area contributed by atoms with E-state index in [-0.39, 0.29) is 22.4 Å². The zero-order valence-electron chi connectivity index (χ0n) is 16.3. The minimum atomic E-state index is -0.821. The summed E-state index contributed by atoms with van der Waals surface area (Å²) in [6, 6.07) is 15.2. The van der Waals surface area contributed by atoms with Gasteiger partial charge in [-0.1, -0.05) is 12.1 Å². The fraction of sp³-hybridized carbons (Fsp3) is 0.0870. The molecule has 1 aliphatic rings. The summed E-state index contributed by atoms with van der Waals surface area (Å²) >= 11 is 0. The van der Waals surface area contributed by atoms with Crippen molar-refractivity contribution in [3.63, 3.8) is 0 Å². The van der Waals surface area contributed by atoms with Gasteiger partial charge in [0.15, 0.2) is 5.43 Å². The van der Waals surface area contributed by atoms with Crippen LogP contribution in [0.3, 0.4) is 0 Å². The Hall–Kier alpha value is -4.33. The Balaban J connectivity index is 1.79. The average molecular weight is 413 g/mol. The second-order valence-electron chi connectivity index (χ2n) is 7.29. The molecule has 3 heterocycles.